The molecule has 2 aromatic heterocycles. The predicted octanol–water partition coefficient (Wildman–Crippen LogP) is 3.52. The number of carbonyl (C=O) groups excluding carboxylic acids is 1. The highest BCUT2D eigenvalue weighted by atomic mass is 19.3. The monoisotopic (exact) mass is 409 g/mol. The van der Waals surface area contributed by atoms with Crippen molar-refractivity contribution in [2.24, 2.45) is 0 Å². The minimum Gasteiger partial charge on any atom is -0.462 e. The second-order valence-electron chi connectivity index (χ2n) is 5.90. The van der Waals surface area contributed by atoms with Crippen LogP contribution >= 0.6 is 0 Å². The normalized spacial score (nSPS) is 11.1. The molecule has 0 spiro atoms. The molecule has 1 N–H and O–H groups in total. The van der Waals surface area contributed by atoms with Crippen molar-refractivity contribution in [1.82, 2.24) is 9.55 Å². The number of alkyl halides is 2. The van der Waals surface area contributed by atoms with Gasteiger partial charge in [0.15, 0.2) is 5.65 Å². The number of benzene rings is 1. The van der Waals surface area contributed by atoms with Crippen LogP contribution in [-0.4, -0.2) is 35.1 Å². The summed E-state index contributed by atoms with van der Waals surface area (Å²) >= 11 is 0. The maximum absolute atomic E-state index is 14.4. The van der Waals surface area contributed by atoms with E-state index in [2.05, 4.69) is 10.3 Å². The first kappa shape index (κ1) is 20.3. The van der Waals surface area contributed by atoms with Crippen molar-refractivity contribution in [3.8, 4) is 5.69 Å². The van der Waals surface area contributed by atoms with E-state index in [0.717, 1.165) is 22.9 Å². The molecule has 0 radical (unpaired) electrons. The van der Waals surface area contributed by atoms with Crippen LogP contribution in [0, 0.1) is 11.6 Å². The minimum atomic E-state index is -2.64. The van der Waals surface area contributed by atoms with E-state index in [9.17, 15) is 27.2 Å². The number of rotatable bonds is 6. The highest BCUT2D eigenvalue weighted by molar-refractivity contribution is 5.93. The molecule has 0 bridgehead atoms. The summed E-state index contributed by atoms with van der Waals surface area (Å²) in [6.07, 6.45) is -1.61. The average molecular weight is 409 g/mol. The Bertz CT molecular complexity index is 1130. The zero-order valence-corrected chi connectivity index (χ0v) is 15.1. The number of anilines is 1. The van der Waals surface area contributed by atoms with Gasteiger partial charge in [0.2, 0.25) is 5.43 Å². The predicted molar refractivity (Wildman–Crippen MR) is 97.7 cm³/mol. The third-order valence-corrected chi connectivity index (χ3v) is 3.95. The number of esters is 1. The Morgan fingerprint density at radius 1 is 1.24 bits per heavy atom. The second kappa shape index (κ2) is 8.29. The lowest BCUT2D eigenvalue weighted by molar-refractivity contribution is 0.0524. The number of nitrogens with one attached hydrogen (secondary N) is 1. The minimum absolute atomic E-state index is 0.00988. The van der Waals surface area contributed by atoms with Crippen molar-refractivity contribution in [2.75, 3.05) is 18.5 Å². The molecule has 29 heavy (non-hydrogen) atoms. The van der Waals surface area contributed by atoms with Crippen LogP contribution < -0.4 is 10.7 Å². The molecule has 3 rings (SSSR count). The van der Waals surface area contributed by atoms with Gasteiger partial charge in [-0.15, -0.1) is 0 Å². The lowest BCUT2D eigenvalue weighted by Crippen LogP contribution is -2.22. The molecule has 10 heteroatoms. The van der Waals surface area contributed by atoms with Crippen LogP contribution in [0.3, 0.4) is 0 Å². The summed E-state index contributed by atoms with van der Waals surface area (Å²) in [5.74, 6) is -2.71. The van der Waals surface area contributed by atoms with Gasteiger partial charge in [-0.3, -0.25) is 9.36 Å². The quantitative estimate of drug-likeness (QED) is 0.498. The van der Waals surface area contributed by atoms with Crippen LogP contribution in [0.5, 0.6) is 0 Å². The zero-order valence-electron chi connectivity index (χ0n) is 15.1. The van der Waals surface area contributed by atoms with Crippen molar-refractivity contribution in [2.45, 2.75) is 13.3 Å². The third-order valence-electron chi connectivity index (χ3n) is 3.95. The van der Waals surface area contributed by atoms with E-state index >= 15 is 0 Å². The van der Waals surface area contributed by atoms with Crippen LogP contribution in [0.4, 0.5) is 23.4 Å². The van der Waals surface area contributed by atoms with Gasteiger partial charge in [0.25, 0.3) is 6.43 Å². The molecular weight excluding hydrogens is 394 g/mol. The van der Waals surface area contributed by atoms with E-state index in [1.165, 1.54) is 12.1 Å². The summed E-state index contributed by atoms with van der Waals surface area (Å²) in [7, 11) is 0. The van der Waals surface area contributed by atoms with Crippen molar-refractivity contribution >= 4 is 22.8 Å². The van der Waals surface area contributed by atoms with Gasteiger partial charge in [-0.2, -0.15) is 0 Å². The number of ether oxygens (including phenoxy) is 1. The number of pyridine rings is 2. The summed E-state index contributed by atoms with van der Waals surface area (Å²) < 4.78 is 58.6. The first-order valence-corrected chi connectivity index (χ1v) is 8.52. The Labute approximate surface area is 161 Å². The van der Waals surface area contributed by atoms with Gasteiger partial charge < -0.3 is 10.1 Å². The first-order valence-electron chi connectivity index (χ1n) is 8.52. The molecule has 0 unspecified atom stereocenters. The zero-order chi connectivity index (χ0) is 21.1. The highest BCUT2D eigenvalue weighted by Crippen LogP contribution is 2.21. The molecule has 6 nitrogen and oxygen atoms in total. The summed E-state index contributed by atoms with van der Waals surface area (Å²) in [6, 6.07) is 5.28. The van der Waals surface area contributed by atoms with Gasteiger partial charge >= 0.3 is 5.97 Å². The van der Waals surface area contributed by atoms with Gasteiger partial charge in [0, 0.05) is 12.3 Å². The topological polar surface area (TPSA) is 73.2 Å². The smallest absolute Gasteiger partial charge is 0.343 e. The van der Waals surface area contributed by atoms with Crippen LogP contribution in [0.2, 0.25) is 0 Å². The van der Waals surface area contributed by atoms with Crippen molar-refractivity contribution in [3.63, 3.8) is 0 Å². The maximum atomic E-state index is 14.4. The molecule has 0 aliphatic rings. The average Bonchev–Trinajstić information content (AvgIpc) is 2.67. The molecule has 0 amide bonds. The molecular formula is C19H15F4N3O3. The van der Waals surface area contributed by atoms with E-state index in [1.807, 2.05) is 0 Å². The van der Waals surface area contributed by atoms with E-state index in [0.29, 0.717) is 6.07 Å². The first-order chi connectivity index (χ1) is 13.8. The van der Waals surface area contributed by atoms with Crippen LogP contribution in [0.1, 0.15) is 17.3 Å². The van der Waals surface area contributed by atoms with E-state index in [1.54, 1.807) is 6.92 Å². The molecule has 0 aliphatic heterocycles. The van der Waals surface area contributed by atoms with Gasteiger partial charge in [-0.1, -0.05) is 0 Å². The fourth-order valence-corrected chi connectivity index (χ4v) is 2.70. The Kier molecular flexibility index (Phi) is 5.81. The summed E-state index contributed by atoms with van der Waals surface area (Å²) in [6.45, 7) is 0.879. The number of hydrogen-bond donors (Lipinski definition) is 1. The standard InChI is InChI=1S/C19H15F4N3O3/c1-2-29-19(28)12-9-26(14-5-3-10(20)7-13(14)21)18-11(17(12)27)4-6-16(25-18)24-8-15(22)23/h3-7,9,15H,2,8H2,1H3,(H,24,25). The number of hydrogen-bond acceptors (Lipinski definition) is 5. The molecule has 0 aliphatic carbocycles. The summed E-state index contributed by atoms with van der Waals surface area (Å²) in [5, 5.41) is 2.33. The Morgan fingerprint density at radius 2 is 2.00 bits per heavy atom. The van der Waals surface area contributed by atoms with Crippen LogP contribution in [-0.2, 0) is 4.74 Å². The largest absolute Gasteiger partial charge is 0.462 e. The third kappa shape index (κ3) is 4.20. The van der Waals surface area contributed by atoms with Crippen molar-refractivity contribution in [3.05, 3.63) is 63.9 Å². The Hall–Kier alpha value is -3.43. The molecule has 0 atom stereocenters. The second-order valence-corrected chi connectivity index (χ2v) is 5.90. The lowest BCUT2D eigenvalue weighted by Gasteiger charge is -2.14. The van der Waals surface area contributed by atoms with Gasteiger partial charge in [-0.25, -0.2) is 27.3 Å². The molecule has 0 saturated heterocycles. The van der Waals surface area contributed by atoms with Crippen LogP contribution in [0.15, 0.2) is 41.3 Å². The Balaban J connectivity index is 2.28. The summed E-state index contributed by atoms with van der Waals surface area (Å²) in [4.78, 5) is 29.0. The van der Waals surface area contributed by atoms with Gasteiger partial charge in [0.1, 0.15) is 23.0 Å². The van der Waals surface area contributed by atoms with E-state index in [4.69, 9.17) is 4.74 Å². The SMILES string of the molecule is CCOC(=O)c1cn(-c2ccc(F)cc2F)c2nc(NCC(F)F)ccc2c1=O. The molecule has 1 aromatic carbocycles. The number of halogens is 4. The van der Waals surface area contributed by atoms with E-state index < -0.39 is 36.0 Å². The number of aromatic nitrogens is 2. The van der Waals surface area contributed by atoms with Gasteiger partial charge in [0.05, 0.1) is 24.2 Å². The van der Waals surface area contributed by atoms with Crippen molar-refractivity contribution < 1.29 is 27.1 Å². The lowest BCUT2D eigenvalue weighted by atomic mass is 10.1. The fraction of sp³-hybridized carbons (Fsp3) is 0.211. The maximum Gasteiger partial charge on any atom is 0.343 e. The van der Waals surface area contributed by atoms with Crippen LogP contribution in [0.25, 0.3) is 16.7 Å². The number of carbonyl (C=O) groups is 1. The number of fused-ring (bicyclic) bond motifs is 1. The molecule has 152 valence electrons. The van der Waals surface area contributed by atoms with E-state index in [-0.39, 0.29) is 34.7 Å². The number of nitrogens with zero attached hydrogens (tertiary/aromatic N) is 2. The summed E-state index contributed by atoms with van der Waals surface area (Å²) in [5.41, 5.74) is -1.39. The van der Waals surface area contributed by atoms with Gasteiger partial charge in [-0.05, 0) is 31.2 Å². The molecule has 3 aromatic rings. The fourth-order valence-electron chi connectivity index (χ4n) is 2.70. The van der Waals surface area contributed by atoms with Crippen molar-refractivity contribution in [1.29, 1.82) is 0 Å². The Morgan fingerprint density at radius 3 is 2.66 bits per heavy atom. The highest BCUT2D eigenvalue weighted by Gasteiger charge is 2.20. The molecule has 0 fully saturated rings. The molecule has 2 heterocycles. The molecule has 0 saturated carbocycles.